The Morgan fingerprint density at radius 1 is 1.16 bits per heavy atom. The lowest BCUT2D eigenvalue weighted by molar-refractivity contribution is 0.0631. The maximum Gasteiger partial charge on any atom is 0.255 e. The van der Waals surface area contributed by atoms with Crippen LogP contribution in [0.2, 0.25) is 5.02 Å². The SMILES string of the molecule is NC=NC(=NC1CC1)c1ccc(C(=O)N2CCC3(CC2)Cc2ccccc2CN3)c(Cl)c1. The summed E-state index contributed by atoms with van der Waals surface area (Å²) in [6, 6.07) is 14.4. The maximum absolute atomic E-state index is 13.2. The Bertz CT molecular complexity index is 1080. The predicted octanol–water partition coefficient (Wildman–Crippen LogP) is 3.56. The van der Waals surface area contributed by atoms with E-state index in [2.05, 4.69) is 39.6 Å². The summed E-state index contributed by atoms with van der Waals surface area (Å²) in [6.07, 6.45) is 6.29. The molecule has 2 fully saturated rings. The van der Waals surface area contributed by atoms with E-state index in [0.717, 1.165) is 57.3 Å². The van der Waals surface area contributed by atoms with Gasteiger partial charge < -0.3 is 16.0 Å². The maximum atomic E-state index is 13.2. The van der Waals surface area contributed by atoms with Crippen LogP contribution in [0.5, 0.6) is 0 Å². The average molecular weight is 450 g/mol. The summed E-state index contributed by atoms with van der Waals surface area (Å²) in [5, 5.41) is 4.18. The number of rotatable bonds is 3. The number of nitrogens with one attached hydrogen (secondary N) is 1. The van der Waals surface area contributed by atoms with Gasteiger partial charge in [-0.25, -0.2) is 4.99 Å². The number of piperidine rings is 1. The van der Waals surface area contributed by atoms with E-state index in [4.69, 9.17) is 17.3 Å². The number of halogens is 1. The Kier molecular flexibility index (Phi) is 5.74. The van der Waals surface area contributed by atoms with Gasteiger partial charge in [-0.2, -0.15) is 0 Å². The zero-order chi connectivity index (χ0) is 22.1. The lowest BCUT2D eigenvalue weighted by Crippen LogP contribution is -2.57. The number of nitrogens with zero attached hydrogens (tertiary/aromatic N) is 3. The van der Waals surface area contributed by atoms with Crippen LogP contribution in [0.15, 0.2) is 52.4 Å². The van der Waals surface area contributed by atoms with Gasteiger partial charge in [0.15, 0.2) is 5.84 Å². The fourth-order valence-electron chi connectivity index (χ4n) is 4.73. The molecular weight excluding hydrogens is 422 g/mol. The number of carbonyl (C=O) groups is 1. The van der Waals surface area contributed by atoms with E-state index < -0.39 is 0 Å². The van der Waals surface area contributed by atoms with E-state index in [9.17, 15) is 4.79 Å². The summed E-state index contributed by atoms with van der Waals surface area (Å²) in [7, 11) is 0. The first-order valence-corrected chi connectivity index (χ1v) is 11.7. The Morgan fingerprint density at radius 2 is 1.91 bits per heavy atom. The Hall–Kier alpha value is -2.70. The molecule has 2 aliphatic heterocycles. The highest BCUT2D eigenvalue weighted by Gasteiger charge is 2.38. The number of nitrogens with two attached hydrogens (primary N) is 1. The van der Waals surface area contributed by atoms with Gasteiger partial charge in [-0.1, -0.05) is 41.9 Å². The molecular formula is C25H28ClN5O. The van der Waals surface area contributed by atoms with Crippen LogP contribution in [-0.4, -0.2) is 47.7 Å². The Balaban J connectivity index is 1.27. The molecule has 0 radical (unpaired) electrons. The topological polar surface area (TPSA) is 83.1 Å². The predicted molar refractivity (Wildman–Crippen MR) is 129 cm³/mol. The number of amidine groups is 1. The lowest BCUT2D eigenvalue weighted by Gasteiger charge is -2.45. The molecule has 0 unspecified atom stereocenters. The molecule has 1 spiro atoms. The molecule has 3 N–H and O–H groups in total. The van der Waals surface area contributed by atoms with Crippen molar-refractivity contribution in [2.75, 3.05) is 13.1 Å². The smallest absolute Gasteiger partial charge is 0.255 e. The van der Waals surface area contributed by atoms with E-state index in [1.165, 1.54) is 17.5 Å². The molecule has 0 bridgehead atoms. The molecule has 1 aliphatic carbocycles. The summed E-state index contributed by atoms with van der Waals surface area (Å²) in [6.45, 7) is 2.34. The first kappa shape index (κ1) is 21.2. The molecule has 3 aliphatic rings. The largest absolute Gasteiger partial charge is 0.390 e. The van der Waals surface area contributed by atoms with Crippen molar-refractivity contribution in [3.63, 3.8) is 0 Å². The summed E-state index contributed by atoms with van der Waals surface area (Å²) in [4.78, 5) is 23.9. The van der Waals surface area contributed by atoms with Gasteiger partial charge in [-0.3, -0.25) is 9.79 Å². The zero-order valence-corrected chi connectivity index (χ0v) is 18.8. The molecule has 1 amide bonds. The van der Waals surface area contributed by atoms with Crippen LogP contribution in [-0.2, 0) is 13.0 Å². The molecule has 2 heterocycles. The number of benzene rings is 2. The monoisotopic (exact) mass is 449 g/mol. The summed E-state index contributed by atoms with van der Waals surface area (Å²) in [5.74, 6) is 0.551. The van der Waals surface area contributed by atoms with Gasteiger partial charge in [0, 0.05) is 30.7 Å². The molecule has 1 saturated carbocycles. The molecule has 7 heteroatoms. The fraction of sp³-hybridized carbons (Fsp3) is 0.400. The number of amides is 1. The van der Waals surface area contributed by atoms with Gasteiger partial charge >= 0.3 is 0 Å². The first-order valence-electron chi connectivity index (χ1n) is 11.3. The second kappa shape index (κ2) is 8.68. The van der Waals surface area contributed by atoms with Crippen molar-refractivity contribution in [3.05, 3.63) is 69.7 Å². The third-order valence-electron chi connectivity index (χ3n) is 6.82. The molecule has 6 nitrogen and oxygen atoms in total. The second-order valence-electron chi connectivity index (χ2n) is 9.03. The number of hydrogen-bond acceptors (Lipinski definition) is 3. The zero-order valence-electron chi connectivity index (χ0n) is 18.1. The van der Waals surface area contributed by atoms with E-state index >= 15 is 0 Å². The molecule has 1 saturated heterocycles. The quantitative estimate of drug-likeness (QED) is 0.555. The van der Waals surface area contributed by atoms with Crippen molar-refractivity contribution in [1.29, 1.82) is 0 Å². The molecule has 5 rings (SSSR count). The van der Waals surface area contributed by atoms with E-state index in [-0.39, 0.29) is 11.4 Å². The van der Waals surface area contributed by atoms with Crippen LogP contribution < -0.4 is 11.1 Å². The van der Waals surface area contributed by atoms with E-state index in [0.29, 0.717) is 22.5 Å². The van der Waals surface area contributed by atoms with Crippen molar-refractivity contribution in [1.82, 2.24) is 10.2 Å². The number of fused-ring (bicyclic) bond motifs is 1. The summed E-state index contributed by atoms with van der Waals surface area (Å²) in [5.41, 5.74) is 9.68. The van der Waals surface area contributed by atoms with Crippen LogP contribution >= 0.6 is 11.6 Å². The van der Waals surface area contributed by atoms with E-state index in [1.807, 2.05) is 11.0 Å². The minimum absolute atomic E-state index is 0.0179. The molecule has 2 aromatic rings. The number of likely N-dealkylation sites (tertiary alicyclic amines) is 1. The molecule has 2 aromatic carbocycles. The Morgan fingerprint density at radius 3 is 2.59 bits per heavy atom. The second-order valence-corrected chi connectivity index (χ2v) is 9.44. The lowest BCUT2D eigenvalue weighted by atomic mass is 9.78. The minimum atomic E-state index is -0.0179. The van der Waals surface area contributed by atoms with Crippen molar-refractivity contribution in [2.45, 2.75) is 50.2 Å². The standard InChI is InChI=1S/C25H28ClN5O/c26-22-13-17(23(28-16-27)30-20-6-7-20)5-8-21(22)24(32)31-11-9-25(10-12-31)14-18-3-1-2-4-19(18)15-29-25/h1-5,8,13,16,20,29H,6-7,9-12,14-15H2,(H2,27,28,30). The number of hydrogen-bond donors (Lipinski definition) is 2. The fourth-order valence-corrected chi connectivity index (χ4v) is 4.99. The van der Waals surface area contributed by atoms with Crippen LogP contribution in [0.3, 0.4) is 0 Å². The average Bonchev–Trinajstić information content (AvgIpc) is 3.63. The van der Waals surface area contributed by atoms with Crippen molar-refractivity contribution < 1.29 is 4.79 Å². The highest BCUT2D eigenvalue weighted by molar-refractivity contribution is 6.34. The highest BCUT2D eigenvalue weighted by Crippen LogP contribution is 2.33. The molecule has 32 heavy (non-hydrogen) atoms. The van der Waals surface area contributed by atoms with Crippen molar-refractivity contribution >= 4 is 29.7 Å². The van der Waals surface area contributed by atoms with Gasteiger partial charge in [-0.15, -0.1) is 0 Å². The van der Waals surface area contributed by atoms with Gasteiger partial charge in [-0.05, 0) is 55.4 Å². The molecule has 0 aromatic heterocycles. The summed E-state index contributed by atoms with van der Waals surface area (Å²) >= 11 is 6.54. The van der Waals surface area contributed by atoms with Crippen molar-refractivity contribution in [3.8, 4) is 0 Å². The molecule has 166 valence electrons. The highest BCUT2D eigenvalue weighted by atomic mass is 35.5. The van der Waals surface area contributed by atoms with Gasteiger partial charge in [0.25, 0.3) is 5.91 Å². The number of carbonyl (C=O) groups excluding carboxylic acids is 1. The van der Waals surface area contributed by atoms with Gasteiger partial charge in [0.1, 0.15) is 0 Å². The normalized spacial score (nSPS) is 20.5. The Labute approximate surface area is 193 Å². The number of aliphatic imine (C=N–C) groups is 2. The van der Waals surface area contributed by atoms with E-state index in [1.54, 1.807) is 12.1 Å². The first-order chi connectivity index (χ1) is 15.6. The minimum Gasteiger partial charge on any atom is -0.390 e. The summed E-state index contributed by atoms with van der Waals surface area (Å²) < 4.78 is 0. The third-order valence-corrected chi connectivity index (χ3v) is 7.13. The van der Waals surface area contributed by atoms with Gasteiger partial charge in [0.05, 0.1) is 23.0 Å². The van der Waals surface area contributed by atoms with Crippen LogP contribution in [0.1, 0.15) is 52.7 Å². The molecule has 0 atom stereocenters. The van der Waals surface area contributed by atoms with Crippen LogP contribution in [0.4, 0.5) is 0 Å². The van der Waals surface area contributed by atoms with Crippen LogP contribution in [0, 0.1) is 0 Å². The van der Waals surface area contributed by atoms with Crippen LogP contribution in [0.25, 0.3) is 0 Å². The third kappa shape index (κ3) is 4.30. The van der Waals surface area contributed by atoms with Crippen molar-refractivity contribution in [2.24, 2.45) is 15.7 Å². The van der Waals surface area contributed by atoms with Gasteiger partial charge in [0.2, 0.25) is 0 Å².